The molecule has 1 N–H and O–H groups in total. The van der Waals surface area contributed by atoms with Crippen LogP contribution in [0.3, 0.4) is 0 Å². The van der Waals surface area contributed by atoms with Gasteiger partial charge in [0.2, 0.25) is 0 Å². The zero-order chi connectivity index (χ0) is 16.8. The number of benzene rings is 1. The summed E-state index contributed by atoms with van der Waals surface area (Å²) in [7, 11) is -3.81. The Morgan fingerprint density at radius 2 is 1.55 bits per heavy atom. The standard InChI is InChI=1S/C16H25NO4S/c1-12-6-8-14(9-7-12)22(19,20)21-13-10-15(2,3)17(18)16(4,5)11-13/h6-9,13,17H,10-11H2,1-5H3. The number of nitrogens with one attached hydrogen (secondary N) is 1. The minimum absolute atomic E-state index is 0.158. The van der Waals surface area contributed by atoms with Crippen LogP contribution in [-0.2, 0) is 14.3 Å². The van der Waals surface area contributed by atoms with E-state index in [2.05, 4.69) is 0 Å². The molecule has 0 atom stereocenters. The van der Waals surface area contributed by atoms with Gasteiger partial charge in [-0.2, -0.15) is 8.42 Å². The molecule has 0 saturated carbocycles. The van der Waals surface area contributed by atoms with Gasteiger partial charge in [0.05, 0.1) is 22.1 Å². The number of hydrogen-bond acceptors (Lipinski definition) is 4. The van der Waals surface area contributed by atoms with Crippen molar-refractivity contribution in [3.05, 3.63) is 35.0 Å². The molecule has 0 aromatic heterocycles. The zero-order valence-corrected chi connectivity index (χ0v) is 14.7. The van der Waals surface area contributed by atoms with Crippen LogP contribution in [-0.4, -0.2) is 25.6 Å². The molecule has 0 radical (unpaired) electrons. The third-order valence-electron chi connectivity index (χ3n) is 4.28. The number of hydroxylamine groups is 2. The van der Waals surface area contributed by atoms with E-state index < -0.39 is 27.3 Å². The van der Waals surface area contributed by atoms with Crippen LogP contribution in [0.15, 0.2) is 29.2 Å². The maximum absolute atomic E-state index is 12.4. The van der Waals surface area contributed by atoms with Gasteiger partial charge in [-0.25, -0.2) is 0 Å². The van der Waals surface area contributed by atoms with Crippen molar-refractivity contribution in [2.24, 2.45) is 0 Å². The average Bonchev–Trinajstić information content (AvgIpc) is 2.35. The Hall–Kier alpha value is -0.950. The van der Waals surface area contributed by atoms with E-state index in [4.69, 9.17) is 4.18 Å². The van der Waals surface area contributed by atoms with Crippen molar-refractivity contribution in [3.8, 4) is 0 Å². The molecule has 1 aromatic carbocycles. The van der Waals surface area contributed by atoms with Crippen molar-refractivity contribution in [2.75, 3.05) is 0 Å². The molecule has 2 rings (SSSR count). The predicted molar refractivity (Wildman–Crippen MR) is 85.0 cm³/mol. The van der Waals surface area contributed by atoms with E-state index in [1.807, 2.05) is 34.6 Å². The molecule has 6 heteroatoms. The molecule has 0 spiro atoms. The highest BCUT2D eigenvalue weighted by Crippen LogP contribution is 2.28. The molecule has 1 aliphatic heterocycles. The topological polar surface area (TPSA) is 70.9 Å². The van der Waals surface area contributed by atoms with E-state index in [0.29, 0.717) is 12.8 Å². The highest BCUT2D eigenvalue weighted by molar-refractivity contribution is 7.86. The van der Waals surface area contributed by atoms with Gasteiger partial charge in [-0.3, -0.25) is 4.18 Å². The van der Waals surface area contributed by atoms with Crippen LogP contribution in [0.4, 0.5) is 0 Å². The maximum Gasteiger partial charge on any atom is 0.297 e. The Morgan fingerprint density at radius 1 is 1.09 bits per heavy atom. The van der Waals surface area contributed by atoms with Crippen molar-refractivity contribution in [1.82, 2.24) is 0 Å². The molecule has 0 aliphatic carbocycles. The van der Waals surface area contributed by atoms with E-state index in [1.165, 1.54) is 0 Å². The second-order valence-electron chi connectivity index (χ2n) is 7.49. The Morgan fingerprint density at radius 3 is 2.00 bits per heavy atom. The first-order valence-electron chi connectivity index (χ1n) is 7.49. The van der Waals surface area contributed by atoms with Gasteiger partial charge in [0.25, 0.3) is 10.1 Å². The van der Waals surface area contributed by atoms with Gasteiger partial charge >= 0.3 is 0 Å². The minimum atomic E-state index is -3.81. The summed E-state index contributed by atoms with van der Waals surface area (Å²) in [4.78, 5) is 0.158. The molecular weight excluding hydrogens is 302 g/mol. The SMILES string of the molecule is Cc1ccc(S(=O)(=O)OC2CC(C)(C)[NH+]([O-])C(C)(C)C2)cc1. The van der Waals surface area contributed by atoms with E-state index in [-0.39, 0.29) is 9.96 Å². The van der Waals surface area contributed by atoms with Crippen molar-refractivity contribution >= 4 is 10.1 Å². The Labute approximate surface area is 133 Å². The lowest BCUT2D eigenvalue weighted by molar-refractivity contribution is -0.956. The highest BCUT2D eigenvalue weighted by atomic mass is 32.2. The van der Waals surface area contributed by atoms with Gasteiger partial charge in [-0.1, -0.05) is 17.7 Å². The fourth-order valence-electron chi connectivity index (χ4n) is 3.32. The number of quaternary nitrogens is 1. The molecule has 1 saturated heterocycles. The second kappa shape index (κ2) is 5.60. The summed E-state index contributed by atoms with van der Waals surface area (Å²) in [6.07, 6.45) is 0.356. The first-order valence-corrected chi connectivity index (χ1v) is 8.90. The lowest BCUT2D eigenvalue weighted by Gasteiger charge is -2.54. The first-order chi connectivity index (χ1) is 9.94. The number of hydrogen-bond donors (Lipinski definition) is 1. The molecule has 1 aliphatic rings. The van der Waals surface area contributed by atoms with E-state index in [0.717, 1.165) is 5.56 Å². The Balaban J connectivity index is 2.21. The molecular formula is C16H25NO4S. The smallest absolute Gasteiger partial charge is 0.297 e. The van der Waals surface area contributed by atoms with Gasteiger partial charge in [0.1, 0.15) is 0 Å². The summed E-state index contributed by atoms with van der Waals surface area (Å²) in [6, 6.07) is 6.59. The Bertz CT molecular complexity index is 617. The lowest BCUT2D eigenvalue weighted by Crippen LogP contribution is -3.23. The molecule has 1 fully saturated rings. The summed E-state index contributed by atoms with van der Waals surface area (Å²) in [6.45, 7) is 9.31. The van der Waals surface area contributed by atoms with Crippen LogP contribution in [0.1, 0.15) is 46.1 Å². The van der Waals surface area contributed by atoms with E-state index in [9.17, 15) is 13.6 Å². The summed E-state index contributed by atoms with van der Waals surface area (Å²) in [5.74, 6) is 0. The van der Waals surface area contributed by atoms with Crippen LogP contribution in [0, 0.1) is 12.1 Å². The third kappa shape index (κ3) is 3.51. The monoisotopic (exact) mass is 327 g/mol. The second-order valence-corrected chi connectivity index (χ2v) is 9.06. The average molecular weight is 327 g/mol. The predicted octanol–water partition coefficient (Wildman–Crippen LogP) is 1.80. The molecule has 0 amide bonds. The Kier molecular flexibility index (Phi) is 4.43. The first kappa shape index (κ1) is 17.4. The highest BCUT2D eigenvalue weighted by Gasteiger charge is 2.47. The van der Waals surface area contributed by atoms with Crippen LogP contribution in [0.25, 0.3) is 0 Å². The third-order valence-corrected chi connectivity index (χ3v) is 5.65. The lowest BCUT2D eigenvalue weighted by atomic mass is 9.80. The van der Waals surface area contributed by atoms with Crippen LogP contribution in [0.2, 0.25) is 0 Å². The summed E-state index contributed by atoms with van der Waals surface area (Å²) >= 11 is 0. The van der Waals surface area contributed by atoms with Crippen LogP contribution >= 0.6 is 0 Å². The van der Waals surface area contributed by atoms with E-state index in [1.54, 1.807) is 24.3 Å². The van der Waals surface area contributed by atoms with Crippen LogP contribution in [0.5, 0.6) is 0 Å². The molecule has 22 heavy (non-hydrogen) atoms. The largest absolute Gasteiger partial charge is 0.634 e. The van der Waals surface area contributed by atoms with Crippen molar-refractivity contribution < 1.29 is 17.7 Å². The summed E-state index contributed by atoms with van der Waals surface area (Å²) in [5, 5.41) is 12.5. The summed E-state index contributed by atoms with van der Waals surface area (Å²) < 4.78 is 30.3. The normalized spacial score (nSPS) is 27.5. The number of aryl methyl sites for hydroxylation is 1. The van der Waals surface area contributed by atoms with Gasteiger partial charge in [0.15, 0.2) is 0 Å². The fraction of sp³-hybridized carbons (Fsp3) is 0.625. The van der Waals surface area contributed by atoms with Crippen molar-refractivity contribution in [3.63, 3.8) is 0 Å². The molecule has 124 valence electrons. The number of piperidine rings is 1. The molecule has 0 bridgehead atoms. The molecule has 1 heterocycles. The number of rotatable bonds is 3. The van der Waals surface area contributed by atoms with Gasteiger partial charge in [-0.05, 0) is 46.8 Å². The van der Waals surface area contributed by atoms with Gasteiger partial charge in [0, 0.05) is 12.8 Å². The molecule has 1 aromatic rings. The van der Waals surface area contributed by atoms with Crippen molar-refractivity contribution in [2.45, 2.75) is 69.5 Å². The molecule has 5 nitrogen and oxygen atoms in total. The van der Waals surface area contributed by atoms with Gasteiger partial charge < -0.3 is 10.3 Å². The fourth-order valence-corrected chi connectivity index (χ4v) is 4.39. The zero-order valence-electron chi connectivity index (χ0n) is 13.8. The molecule has 0 unspecified atom stereocenters. The van der Waals surface area contributed by atoms with Crippen LogP contribution < -0.4 is 5.06 Å². The maximum atomic E-state index is 12.4. The van der Waals surface area contributed by atoms with Crippen molar-refractivity contribution in [1.29, 1.82) is 0 Å². The summed E-state index contributed by atoms with van der Waals surface area (Å²) in [5.41, 5.74) is -0.158. The quantitative estimate of drug-likeness (QED) is 0.679. The van der Waals surface area contributed by atoms with E-state index >= 15 is 0 Å². The van der Waals surface area contributed by atoms with Gasteiger partial charge in [-0.15, -0.1) is 0 Å². The minimum Gasteiger partial charge on any atom is -0.634 e.